The fraction of sp³-hybridized carbons (Fsp3) is 0.278. The predicted molar refractivity (Wildman–Crippen MR) is 81.6 cm³/mol. The van der Waals surface area contributed by atoms with E-state index in [1.165, 1.54) is 0 Å². The number of benzene rings is 2. The zero-order valence-electron chi connectivity index (χ0n) is 12.4. The average Bonchev–Trinajstić information content (AvgIpc) is 2.46. The number of carbonyl (C=O) groups excluding carboxylic acids is 1. The van der Waals surface area contributed by atoms with Crippen LogP contribution in [0.2, 0.25) is 0 Å². The standard InChI is InChI=1S/C18H20O2/c1-18(2,3)15-10-14(11-16(12-15)20-4)17(19)13-8-6-5-7-9-13/h5-12H,1-4H3. The molecule has 2 aromatic carbocycles. The first kappa shape index (κ1) is 14.3. The summed E-state index contributed by atoms with van der Waals surface area (Å²) >= 11 is 0. The summed E-state index contributed by atoms with van der Waals surface area (Å²) in [6.07, 6.45) is 0. The van der Waals surface area contributed by atoms with Gasteiger partial charge in [0.25, 0.3) is 0 Å². The van der Waals surface area contributed by atoms with Crippen molar-refractivity contribution in [3.05, 3.63) is 65.2 Å². The van der Waals surface area contributed by atoms with Crippen molar-refractivity contribution < 1.29 is 9.53 Å². The summed E-state index contributed by atoms with van der Waals surface area (Å²) in [7, 11) is 1.62. The number of ether oxygens (including phenoxy) is 1. The fourth-order valence-electron chi connectivity index (χ4n) is 2.04. The Bertz CT molecular complexity index is 607. The van der Waals surface area contributed by atoms with Crippen molar-refractivity contribution in [2.45, 2.75) is 26.2 Å². The molecule has 0 N–H and O–H groups in total. The second kappa shape index (κ2) is 5.49. The second-order valence-electron chi connectivity index (χ2n) is 5.90. The van der Waals surface area contributed by atoms with Crippen LogP contribution < -0.4 is 4.74 Å². The van der Waals surface area contributed by atoms with Crippen LogP contribution in [0.1, 0.15) is 42.3 Å². The molecule has 104 valence electrons. The van der Waals surface area contributed by atoms with Crippen LogP contribution in [0.25, 0.3) is 0 Å². The summed E-state index contributed by atoms with van der Waals surface area (Å²) in [5.41, 5.74) is 2.43. The third-order valence-corrected chi connectivity index (χ3v) is 3.31. The van der Waals surface area contributed by atoms with Crippen molar-refractivity contribution in [2.24, 2.45) is 0 Å². The molecule has 0 radical (unpaired) electrons. The highest BCUT2D eigenvalue weighted by atomic mass is 16.5. The van der Waals surface area contributed by atoms with E-state index < -0.39 is 0 Å². The SMILES string of the molecule is COc1cc(C(=O)c2ccccc2)cc(C(C)(C)C)c1. The first-order valence-electron chi connectivity index (χ1n) is 6.71. The van der Waals surface area contributed by atoms with Gasteiger partial charge in [-0.15, -0.1) is 0 Å². The van der Waals surface area contributed by atoms with Gasteiger partial charge in [0.2, 0.25) is 0 Å². The number of carbonyl (C=O) groups is 1. The molecule has 0 amide bonds. The Kier molecular flexibility index (Phi) is 3.93. The van der Waals surface area contributed by atoms with Gasteiger partial charge in [-0.05, 0) is 29.2 Å². The lowest BCUT2D eigenvalue weighted by atomic mass is 9.85. The minimum absolute atomic E-state index is 0.0231. The van der Waals surface area contributed by atoms with Crippen LogP contribution in [-0.2, 0) is 5.41 Å². The van der Waals surface area contributed by atoms with Crippen LogP contribution in [0.3, 0.4) is 0 Å². The van der Waals surface area contributed by atoms with Gasteiger partial charge in [0.1, 0.15) is 5.75 Å². The Labute approximate surface area is 120 Å². The fourth-order valence-corrected chi connectivity index (χ4v) is 2.04. The third-order valence-electron chi connectivity index (χ3n) is 3.31. The topological polar surface area (TPSA) is 26.3 Å². The number of hydrogen-bond donors (Lipinski definition) is 0. The maximum absolute atomic E-state index is 12.5. The van der Waals surface area contributed by atoms with Gasteiger partial charge in [0.15, 0.2) is 5.78 Å². The smallest absolute Gasteiger partial charge is 0.193 e. The van der Waals surface area contributed by atoms with Crippen molar-refractivity contribution in [2.75, 3.05) is 7.11 Å². The van der Waals surface area contributed by atoms with Gasteiger partial charge in [-0.25, -0.2) is 0 Å². The van der Waals surface area contributed by atoms with Gasteiger partial charge in [-0.2, -0.15) is 0 Å². The molecule has 0 atom stereocenters. The zero-order chi connectivity index (χ0) is 14.8. The van der Waals surface area contributed by atoms with E-state index in [1.807, 2.05) is 42.5 Å². The zero-order valence-corrected chi connectivity index (χ0v) is 12.4. The molecule has 20 heavy (non-hydrogen) atoms. The Morgan fingerprint density at radius 1 is 0.950 bits per heavy atom. The van der Waals surface area contributed by atoms with E-state index in [0.717, 1.165) is 11.3 Å². The minimum Gasteiger partial charge on any atom is -0.497 e. The summed E-state index contributed by atoms with van der Waals surface area (Å²) in [4.78, 5) is 12.5. The van der Waals surface area contributed by atoms with Gasteiger partial charge in [0, 0.05) is 11.1 Å². The predicted octanol–water partition coefficient (Wildman–Crippen LogP) is 4.22. The van der Waals surface area contributed by atoms with E-state index in [-0.39, 0.29) is 11.2 Å². The molecule has 0 heterocycles. The molecule has 0 saturated carbocycles. The molecule has 0 spiro atoms. The largest absolute Gasteiger partial charge is 0.497 e. The lowest BCUT2D eigenvalue weighted by Crippen LogP contribution is -2.13. The molecule has 0 saturated heterocycles. The van der Waals surface area contributed by atoms with E-state index in [0.29, 0.717) is 11.1 Å². The van der Waals surface area contributed by atoms with Crippen molar-refractivity contribution in [1.29, 1.82) is 0 Å². The van der Waals surface area contributed by atoms with E-state index >= 15 is 0 Å². The Balaban J connectivity index is 2.49. The molecule has 0 aliphatic rings. The highest BCUT2D eigenvalue weighted by Gasteiger charge is 2.18. The van der Waals surface area contributed by atoms with Gasteiger partial charge >= 0.3 is 0 Å². The number of rotatable bonds is 3. The summed E-state index contributed by atoms with van der Waals surface area (Å²) in [6.45, 7) is 6.37. The highest BCUT2D eigenvalue weighted by Crippen LogP contribution is 2.28. The molecular weight excluding hydrogens is 248 g/mol. The lowest BCUT2D eigenvalue weighted by molar-refractivity contribution is 0.103. The number of ketones is 1. The molecule has 0 bridgehead atoms. The summed E-state index contributed by atoms with van der Waals surface area (Å²) in [5, 5.41) is 0. The van der Waals surface area contributed by atoms with Crippen molar-refractivity contribution in [3.63, 3.8) is 0 Å². The van der Waals surface area contributed by atoms with Gasteiger partial charge in [-0.3, -0.25) is 4.79 Å². The van der Waals surface area contributed by atoms with E-state index in [1.54, 1.807) is 13.2 Å². The maximum atomic E-state index is 12.5. The molecule has 0 aromatic heterocycles. The number of hydrogen-bond acceptors (Lipinski definition) is 2. The van der Waals surface area contributed by atoms with Gasteiger partial charge in [-0.1, -0.05) is 51.1 Å². The lowest BCUT2D eigenvalue weighted by Gasteiger charge is -2.20. The Morgan fingerprint density at radius 3 is 2.15 bits per heavy atom. The molecular formula is C18H20O2. The van der Waals surface area contributed by atoms with Gasteiger partial charge in [0.05, 0.1) is 7.11 Å². The molecule has 0 aliphatic carbocycles. The van der Waals surface area contributed by atoms with Crippen LogP contribution in [-0.4, -0.2) is 12.9 Å². The van der Waals surface area contributed by atoms with E-state index in [9.17, 15) is 4.79 Å². The van der Waals surface area contributed by atoms with Crippen LogP contribution in [0.4, 0.5) is 0 Å². The highest BCUT2D eigenvalue weighted by molar-refractivity contribution is 6.09. The monoisotopic (exact) mass is 268 g/mol. The Hall–Kier alpha value is -2.09. The summed E-state index contributed by atoms with van der Waals surface area (Å²) in [5.74, 6) is 0.742. The molecule has 0 fully saturated rings. The molecule has 2 nitrogen and oxygen atoms in total. The summed E-state index contributed by atoms with van der Waals surface area (Å²) < 4.78 is 5.32. The van der Waals surface area contributed by atoms with Crippen molar-refractivity contribution >= 4 is 5.78 Å². The molecule has 0 unspecified atom stereocenters. The maximum Gasteiger partial charge on any atom is 0.193 e. The average molecular weight is 268 g/mol. The van der Waals surface area contributed by atoms with Crippen LogP contribution in [0.5, 0.6) is 5.75 Å². The molecule has 0 aliphatic heterocycles. The first-order chi connectivity index (χ1) is 9.41. The molecule has 2 aromatic rings. The second-order valence-corrected chi connectivity index (χ2v) is 5.90. The van der Waals surface area contributed by atoms with Crippen LogP contribution in [0, 0.1) is 0 Å². The van der Waals surface area contributed by atoms with E-state index in [4.69, 9.17) is 4.74 Å². The molecule has 2 heteroatoms. The minimum atomic E-state index is -0.0275. The van der Waals surface area contributed by atoms with Crippen LogP contribution in [0.15, 0.2) is 48.5 Å². The third kappa shape index (κ3) is 3.08. The number of methoxy groups -OCH3 is 1. The van der Waals surface area contributed by atoms with Crippen molar-refractivity contribution in [3.8, 4) is 5.75 Å². The molecule has 2 rings (SSSR count). The quantitative estimate of drug-likeness (QED) is 0.779. The first-order valence-corrected chi connectivity index (χ1v) is 6.71. The normalized spacial score (nSPS) is 11.2. The van der Waals surface area contributed by atoms with Crippen LogP contribution >= 0.6 is 0 Å². The van der Waals surface area contributed by atoms with Gasteiger partial charge < -0.3 is 4.74 Å². The van der Waals surface area contributed by atoms with Crippen molar-refractivity contribution in [1.82, 2.24) is 0 Å². The summed E-state index contributed by atoms with van der Waals surface area (Å²) in [6, 6.07) is 15.1. The van der Waals surface area contributed by atoms with E-state index in [2.05, 4.69) is 20.8 Å². The Morgan fingerprint density at radius 2 is 1.60 bits per heavy atom.